The SMILES string of the molecule is O=S(=O)(O)c1ccc(-c2ccc(-c3c(C4(S(=O)(=O)O)C=CC(c5ccccc5)=CC4)ccc4c3-c3ccccc3S4(=O)=O)cc2)cc1. The monoisotopic (exact) mass is 682 g/mol. The molecule has 47 heavy (non-hydrogen) atoms. The van der Waals surface area contributed by atoms with Gasteiger partial charge in [-0.05, 0) is 69.6 Å². The largest absolute Gasteiger partial charge is 0.294 e. The van der Waals surface area contributed by atoms with Gasteiger partial charge in [0, 0.05) is 11.1 Å². The molecule has 0 aromatic heterocycles. The lowest BCUT2D eigenvalue weighted by molar-refractivity contribution is 0.448. The Labute approximate surface area is 272 Å². The summed E-state index contributed by atoms with van der Waals surface area (Å²) in [5, 5.41) is 0. The van der Waals surface area contributed by atoms with Crippen LogP contribution in [0.5, 0.6) is 0 Å². The van der Waals surface area contributed by atoms with E-state index >= 15 is 0 Å². The fourth-order valence-electron chi connectivity index (χ4n) is 6.40. The van der Waals surface area contributed by atoms with Crippen LogP contribution < -0.4 is 0 Å². The number of allylic oxidation sites excluding steroid dienone is 3. The van der Waals surface area contributed by atoms with Crippen molar-refractivity contribution in [2.24, 2.45) is 0 Å². The highest BCUT2D eigenvalue weighted by Crippen LogP contribution is 2.53. The number of rotatable bonds is 6. The van der Waals surface area contributed by atoms with E-state index in [1.165, 1.54) is 36.4 Å². The lowest BCUT2D eigenvalue weighted by Gasteiger charge is -2.32. The molecule has 2 N–H and O–H groups in total. The topological polar surface area (TPSA) is 143 Å². The lowest BCUT2D eigenvalue weighted by Crippen LogP contribution is -2.35. The molecule has 0 fully saturated rings. The van der Waals surface area contributed by atoms with Gasteiger partial charge in [0.25, 0.3) is 20.2 Å². The highest BCUT2D eigenvalue weighted by atomic mass is 32.2. The third-order valence-electron chi connectivity index (χ3n) is 8.74. The molecule has 1 aliphatic carbocycles. The van der Waals surface area contributed by atoms with Crippen molar-refractivity contribution in [3.05, 3.63) is 145 Å². The van der Waals surface area contributed by atoms with Crippen LogP contribution in [0.3, 0.4) is 0 Å². The van der Waals surface area contributed by atoms with Gasteiger partial charge in [0.1, 0.15) is 4.75 Å². The van der Waals surface area contributed by atoms with E-state index in [0.29, 0.717) is 33.4 Å². The Morgan fingerprint density at radius 2 is 1.19 bits per heavy atom. The highest BCUT2D eigenvalue weighted by Gasteiger charge is 2.47. The van der Waals surface area contributed by atoms with Gasteiger partial charge in [-0.2, -0.15) is 16.8 Å². The summed E-state index contributed by atoms with van der Waals surface area (Å²) in [5.41, 5.74) is 4.85. The fraction of sp³-hybridized carbons (Fsp3) is 0.0556. The molecule has 1 atom stereocenters. The second kappa shape index (κ2) is 11.0. The van der Waals surface area contributed by atoms with E-state index in [9.17, 15) is 34.4 Å². The van der Waals surface area contributed by atoms with Gasteiger partial charge in [0.15, 0.2) is 0 Å². The second-order valence-electron chi connectivity index (χ2n) is 11.4. The van der Waals surface area contributed by atoms with Crippen molar-refractivity contribution in [3.63, 3.8) is 0 Å². The minimum atomic E-state index is -4.82. The minimum absolute atomic E-state index is 0.0353. The third kappa shape index (κ3) is 5.07. The molecule has 11 heteroatoms. The molecule has 0 amide bonds. The number of fused-ring (bicyclic) bond motifs is 3. The van der Waals surface area contributed by atoms with Gasteiger partial charge in [-0.25, -0.2) is 8.42 Å². The van der Waals surface area contributed by atoms with Crippen LogP contribution in [0.25, 0.3) is 39.0 Å². The minimum Gasteiger partial charge on any atom is -0.285 e. The van der Waals surface area contributed by atoms with Crippen LogP contribution in [0.4, 0.5) is 0 Å². The molecule has 0 saturated carbocycles. The van der Waals surface area contributed by atoms with Gasteiger partial charge >= 0.3 is 0 Å². The zero-order chi connectivity index (χ0) is 33.2. The van der Waals surface area contributed by atoms with Crippen molar-refractivity contribution in [1.29, 1.82) is 0 Å². The van der Waals surface area contributed by atoms with Gasteiger partial charge < -0.3 is 0 Å². The second-order valence-corrected chi connectivity index (χ2v) is 16.4. The Kier molecular flexibility index (Phi) is 7.23. The van der Waals surface area contributed by atoms with E-state index in [4.69, 9.17) is 0 Å². The van der Waals surface area contributed by atoms with E-state index in [0.717, 1.165) is 11.1 Å². The maximum absolute atomic E-state index is 13.7. The summed E-state index contributed by atoms with van der Waals surface area (Å²) in [6.45, 7) is 0. The zero-order valence-electron chi connectivity index (χ0n) is 24.5. The highest BCUT2D eigenvalue weighted by molar-refractivity contribution is 7.92. The van der Waals surface area contributed by atoms with Crippen LogP contribution >= 0.6 is 0 Å². The molecule has 8 nitrogen and oxygen atoms in total. The summed E-state index contributed by atoms with van der Waals surface area (Å²) in [6, 6.07) is 31.5. The molecule has 236 valence electrons. The Morgan fingerprint density at radius 1 is 0.596 bits per heavy atom. The quantitative estimate of drug-likeness (QED) is 0.176. The molecular formula is C36H26O8S3. The average Bonchev–Trinajstić information content (AvgIpc) is 3.30. The maximum Gasteiger partial charge on any atom is 0.294 e. The van der Waals surface area contributed by atoms with Crippen LogP contribution in [-0.4, -0.2) is 34.4 Å². The first-order valence-corrected chi connectivity index (χ1v) is 18.8. The Morgan fingerprint density at radius 3 is 1.79 bits per heavy atom. The molecular weight excluding hydrogens is 657 g/mol. The number of hydrogen-bond acceptors (Lipinski definition) is 6. The summed E-state index contributed by atoms with van der Waals surface area (Å²) in [6.07, 6.45) is 4.78. The van der Waals surface area contributed by atoms with Crippen molar-refractivity contribution in [2.75, 3.05) is 0 Å². The van der Waals surface area contributed by atoms with Crippen LogP contribution in [-0.2, 0) is 34.8 Å². The van der Waals surface area contributed by atoms with E-state index in [2.05, 4.69) is 0 Å². The van der Waals surface area contributed by atoms with Crippen molar-refractivity contribution in [2.45, 2.75) is 25.9 Å². The predicted octanol–water partition coefficient (Wildman–Crippen LogP) is 7.21. The Bertz CT molecular complexity index is 2470. The molecule has 2 aliphatic rings. The van der Waals surface area contributed by atoms with Crippen molar-refractivity contribution in [1.82, 2.24) is 0 Å². The van der Waals surface area contributed by atoms with Gasteiger partial charge in [-0.3, -0.25) is 9.11 Å². The van der Waals surface area contributed by atoms with E-state index < -0.39 is 34.8 Å². The van der Waals surface area contributed by atoms with Gasteiger partial charge in [0.05, 0.1) is 14.7 Å². The van der Waals surface area contributed by atoms with E-state index in [1.54, 1.807) is 66.7 Å². The maximum atomic E-state index is 13.7. The molecule has 0 radical (unpaired) electrons. The number of sulfone groups is 1. The zero-order valence-corrected chi connectivity index (χ0v) is 26.9. The summed E-state index contributed by atoms with van der Waals surface area (Å²) in [4.78, 5) is -0.105. The molecule has 0 saturated heterocycles. The Balaban J connectivity index is 1.45. The lowest BCUT2D eigenvalue weighted by atomic mass is 9.80. The van der Waals surface area contributed by atoms with Crippen molar-refractivity contribution < 1.29 is 34.4 Å². The molecule has 1 aliphatic heterocycles. The van der Waals surface area contributed by atoms with E-state index in [-0.39, 0.29) is 26.7 Å². The molecule has 0 spiro atoms. The van der Waals surface area contributed by atoms with Crippen LogP contribution in [0.1, 0.15) is 17.5 Å². The predicted molar refractivity (Wildman–Crippen MR) is 179 cm³/mol. The van der Waals surface area contributed by atoms with Crippen molar-refractivity contribution >= 4 is 35.6 Å². The number of hydrogen-bond donors (Lipinski definition) is 2. The van der Waals surface area contributed by atoms with Crippen molar-refractivity contribution in [3.8, 4) is 33.4 Å². The van der Waals surface area contributed by atoms with Crippen LogP contribution in [0.15, 0.2) is 148 Å². The number of benzene rings is 5. The first kappa shape index (κ1) is 31.0. The van der Waals surface area contributed by atoms with E-state index in [1.807, 2.05) is 30.3 Å². The van der Waals surface area contributed by atoms with Gasteiger partial charge in [-0.1, -0.05) is 109 Å². The molecule has 0 bridgehead atoms. The molecule has 7 rings (SSSR count). The first-order chi connectivity index (χ1) is 22.3. The van der Waals surface area contributed by atoms with Crippen LogP contribution in [0, 0.1) is 0 Å². The first-order valence-electron chi connectivity index (χ1n) is 14.4. The molecule has 5 aromatic rings. The molecule has 1 heterocycles. The fourth-order valence-corrected chi connectivity index (χ4v) is 9.54. The molecule has 5 aromatic carbocycles. The normalized spacial score (nSPS) is 18.3. The summed E-state index contributed by atoms with van der Waals surface area (Å²) >= 11 is 0. The summed E-state index contributed by atoms with van der Waals surface area (Å²) < 4.78 is 95.6. The standard InChI is InChI=1S/C36H26O8S3/c37-45(38)32-9-5-4-8-30(32)35-33(45)19-18-31(36(47(42,43)44)22-20-27(21-23-36)24-6-2-1-3-7-24)34(35)28-12-10-25(11-13-28)26-14-16-29(17-15-26)46(39,40)41/h1-22H,23H2,(H,39,40,41)(H,42,43,44). The van der Waals surface area contributed by atoms with Crippen LogP contribution in [0.2, 0.25) is 0 Å². The summed E-state index contributed by atoms with van der Waals surface area (Å²) in [7, 11) is -13.1. The smallest absolute Gasteiger partial charge is 0.285 e. The Hall–Kier alpha value is -4.65. The molecule has 1 unspecified atom stereocenters. The summed E-state index contributed by atoms with van der Waals surface area (Å²) in [5.74, 6) is 0. The average molecular weight is 683 g/mol. The third-order valence-corrected chi connectivity index (χ3v) is 12.9. The van der Waals surface area contributed by atoms with Gasteiger partial charge in [-0.15, -0.1) is 0 Å². The van der Waals surface area contributed by atoms with Gasteiger partial charge in [0.2, 0.25) is 9.84 Å².